The Morgan fingerprint density at radius 1 is 1.03 bits per heavy atom. The molecule has 0 unspecified atom stereocenters. The van der Waals surface area contributed by atoms with Crippen LogP contribution in [0.2, 0.25) is 0 Å². The van der Waals surface area contributed by atoms with Gasteiger partial charge in [-0.15, -0.1) is 5.10 Å². The molecule has 1 aliphatic heterocycles. The van der Waals surface area contributed by atoms with E-state index in [1.807, 2.05) is 23.7 Å². The average Bonchev–Trinajstić information content (AvgIpc) is 3.39. The number of imidazole rings is 1. The molecule has 1 N–H and O–H groups in total. The number of aromatic nitrogens is 5. The molecule has 190 valence electrons. The van der Waals surface area contributed by atoms with Gasteiger partial charge in [-0.1, -0.05) is 6.07 Å². The van der Waals surface area contributed by atoms with Gasteiger partial charge in [0, 0.05) is 43.8 Å². The van der Waals surface area contributed by atoms with Crippen LogP contribution in [0.3, 0.4) is 0 Å². The number of rotatable bonds is 6. The molecule has 5 rings (SSSR count). The summed E-state index contributed by atoms with van der Waals surface area (Å²) in [5, 5.41) is 12.9. The minimum absolute atomic E-state index is 0.225. The van der Waals surface area contributed by atoms with Gasteiger partial charge in [-0.05, 0) is 45.4 Å². The number of ether oxygens (including phenoxy) is 1. The second-order valence-corrected chi connectivity index (χ2v) is 10.2. The van der Waals surface area contributed by atoms with Gasteiger partial charge in [0.05, 0.1) is 36.3 Å². The highest BCUT2D eigenvalue weighted by molar-refractivity contribution is 5.59. The molecule has 3 aromatic heterocycles. The fraction of sp³-hybridized carbons (Fsp3) is 0.423. The van der Waals surface area contributed by atoms with E-state index < -0.39 is 11.6 Å². The Morgan fingerprint density at radius 2 is 1.81 bits per heavy atom. The van der Waals surface area contributed by atoms with Crippen molar-refractivity contribution >= 4 is 17.3 Å². The minimum Gasteiger partial charge on any atom is -0.379 e. The van der Waals surface area contributed by atoms with Crippen molar-refractivity contribution in [2.75, 3.05) is 31.6 Å². The molecule has 4 aromatic rings. The Hall–Kier alpha value is -3.37. The van der Waals surface area contributed by atoms with Crippen molar-refractivity contribution in [1.82, 2.24) is 29.3 Å². The molecule has 0 amide bonds. The van der Waals surface area contributed by atoms with Crippen LogP contribution in [0.1, 0.15) is 43.3 Å². The number of benzene rings is 1. The minimum atomic E-state index is -0.599. The van der Waals surface area contributed by atoms with Gasteiger partial charge in [-0.2, -0.15) is 5.10 Å². The molecule has 1 aromatic carbocycles. The molecular weight excluding hydrogens is 464 g/mol. The van der Waals surface area contributed by atoms with E-state index in [0.717, 1.165) is 36.2 Å². The van der Waals surface area contributed by atoms with Gasteiger partial charge < -0.3 is 10.1 Å². The first-order valence-electron chi connectivity index (χ1n) is 12.1. The summed E-state index contributed by atoms with van der Waals surface area (Å²) < 4.78 is 37.1. The van der Waals surface area contributed by atoms with E-state index in [1.165, 1.54) is 12.1 Å². The first kappa shape index (κ1) is 24.3. The van der Waals surface area contributed by atoms with Crippen molar-refractivity contribution in [3.05, 3.63) is 70.7 Å². The largest absolute Gasteiger partial charge is 0.379 e. The summed E-state index contributed by atoms with van der Waals surface area (Å²) in [6.07, 6.45) is 1.95. The molecule has 0 saturated carbocycles. The van der Waals surface area contributed by atoms with Gasteiger partial charge in [0.2, 0.25) is 0 Å². The molecule has 1 fully saturated rings. The summed E-state index contributed by atoms with van der Waals surface area (Å²) in [5.74, 6) is 0.278. The Morgan fingerprint density at radius 3 is 2.53 bits per heavy atom. The number of hydrogen-bond donors (Lipinski definition) is 1. The van der Waals surface area contributed by atoms with E-state index >= 15 is 0 Å². The third kappa shape index (κ3) is 5.10. The number of anilines is 2. The molecule has 4 heterocycles. The van der Waals surface area contributed by atoms with Crippen molar-refractivity contribution in [2.24, 2.45) is 0 Å². The average molecular weight is 496 g/mol. The summed E-state index contributed by atoms with van der Waals surface area (Å²) in [4.78, 5) is 6.96. The Bertz CT molecular complexity index is 1380. The first-order chi connectivity index (χ1) is 17.2. The summed E-state index contributed by atoms with van der Waals surface area (Å²) >= 11 is 0. The fourth-order valence-electron chi connectivity index (χ4n) is 4.47. The van der Waals surface area contributed by atoms with E-state index in [2.05, 4.69) is 41.1 Å². The van der Waals surface area contributed by atoms with E-state index in [1.54, 1.807) is 10.7 Å². The predicted octanol–water partition coefficient (Wildman–Crippen LogP) is 4.43. The molecule has 0 spiro atoms. The smallest absolute Gasteiger partial charge is 0.158 e. The van der Waals surface area contributed by atoms with Crippen molar-refractivity contribution in [3.8, 4) is 0 Å². The molecule has 0 atom stereocenters. The van der Waals surface area contributed by atoms with Gasteiger partial charge >= 0.3 is 0 Å². The number of hydrogen-bond acceptors (Lipinski definition) is 6. The van der Waals surface area contributed by atoms with Crippen LogP contribution in [0.15, 0.2) is 36.5 Å². The summed E-state index contributed by atoms with van der Waals surface area (Å²) in [6, 6.07) is 7.63. The molecule has 36 heavy (non-hydrogen) atoms. The maximum Gasteiger partial charge on any atom is 0.158 e. The van der Waals surface area contributed by atoms with Crippen LogP contribution < -0.4 is 5.32 Å². The highest BCUT2D eigenvalue weighted by Crippen LogP contribution is 2.26. The van der Waals surface area contributed by atoms with Crippen molar-refractivity contribution in [1.29, 1.82) is 0 Å². The molecule has 0 radical (unpaired) electrons. The molecule has 10 heteroatoms. The molecule has 0 aliphatic carbocycles. The topological polar surface area (TPSA) is 72.5 Å². The Balaban J connectivity index is 1.56. The third-order valence-corrected chi connectivity index (χ3v) is 6.22. The lowest BCUT2D eigenvalue weighted by molar-refractivity contribution is 0.0343. The van der Waals surface area contributed by atoms with Crippen LogP contribution >= 0.6 is 0 Å². The van der Waals surface area contributed by atoms with Gasteiger partial charge in [0.15, 0.2) is 11.5 Å². The van der Waals surface area contributed by atoms with Crippen LogP contribution in [-0.2, 0) is 23.2 Å². The summed E-state index contributed by atoms with van der Waals surface area (Å²) in [7, 11) is 0. The summed E-state index contributed by atoms with van der Waals surface area (Å²) in [5.41, 5.74) is 3.48. The standard InChI is InChI=1S/C26H31F2N7O/c1-17-11-24(35(31-17)26(2,3)4)30-23-13-19(16-33-7-9-36-10-8-33)25-29-15-21(34(25)32-23)12-18-5-6-20(27)14-22(18)28/h5-6,11,13-15H,7-10,12,16H2,1-4H3,(H,30,32). The van der Waals surface area contributed by atoms with E-state index in [9.17, 15) is 8.78 Å². The van der Waals surface area contributed by atoms with E-state index in [4.69, 9.17) is 9.84 Å². The van der Waals surface area contributed by atoms with E-state index in [-0.39, 0.29) is 12.0 Å². The number of nitrogens with one attached hydrogen (secondary N) is 1. The van der Waals surface area contributed by atoms with Crippen LogP contribution in [-0.4, -0.2) is 55.6 Å². The highest BCUT2D eigenvalue weighted by Gasteiger charge is 2.21. The first-order valence-corrected chi connectivity index (χ1v) is 12.1. The quantitative estimate of drug-likeness (QED) is 0.427. The second-order valence-electron chi connectivity index (χ2n) is 10.2. The van der Waals surface area contributed by atoms with Gasteiger partial charge in [0.1, 0.15) is 17.5 Å². The lowest BCUT2D eigenvalue weighted by Gasteiger charge is -2.27. The molecule has 1 saturated heterocycles. The van der Waals surface area contributed by atoms with Gasteiger partial charge in [0.25, 0.3) is 0 Å². The number of halogens is 2. The van der Waals surface area contributed by atoms with E-state index in [0.29, 0.717) is 42.5 Å². The van der Waals surface area contributed by atoms with Gasteiger partial charge in [-0.3, -0.25) is 4.90 Å². The maximum absolute atomic E-state index is 14.4. The highest BCUT2D eigenvalue weighted by atomic mass is 19.1. The summed E-state index contributed by atoms with van der Waals surface area (Å²) in [6.45, 7) is 12.0. The monoisotopic (exact) mass is 495 g/mol. The lowest BCUT2D eigenvalue weighted by atomic mass is 10.1. The van der Waals surface area contributed by atoms with Crippen LogP contribution in [0.4, 0.5) is 20.4 Å². The molecule has 1 aliphatic rings. The predicted molar refractivity (Wildman–Crippen MR) is 133 cm³/mol. The van der Waals surface area contributed by atoms with Crippen molar-refractivity contribution < 1.29 is 13.5 Å². The second kappa shape index (κ2) is 9.59. The number of morpholine rings is 1. The van der Waals surface area contributed by atoms with Crippen LogP contribution in [0, 0.1) is 18.6 Å². The molecule has 8 nitrogen and oxygen atoms in total. The normalized spacial score (nSPS) is 15.1. The Labute approximate surface area is 208 Å². The van der Waals surface area contributed by atoms with Gasteiger partial charge in [-0.25, -0.2) is 23.0 Å². The van der Waals surface area contributed by atoms with Crippen LogP contribution in [0.25, 0.3) is 5.65 Å². The zero-order valence-electron chi connectivity index (χ0n) is 21.1. The zero-order chi connectivity index (χ0) is 25.4. The van der Waals surface area contributed by atoms with Crippen LogP contribution in [0.5, 0.6) is 0 Å². The lowest BCUT2D eigenvalue weighted by Crippen LogP contribution is -2.35. The zero-order valence-corrected chi connectivity index (χ0v) is 21.1. The van der Waals surface area contributed by atoms with Crippen molar-refractivity contribution in [2.45, 2.75) is 46.2 Å². The third-order valence-electron chi connectivity index (χ3n) is 6.22. The fourth-order valence-corrected chi connectivity index (χ4v) is 4.47. The Kier molecular flexibility index (Phi) is 6.48. The number of nitrogens with zero attached hydrogens (tertiary/aromatic N) is 6. The van der Waals surface area contributed by atoms with Crippen molar-refractivity contribution in [3.63, 3.8) is 0 Å². The number of aryl methyl sites for hydroxylation is 1. The number of fused-ring (bicyclic) bond motifs is 1. The molecule has 0 bridgehead atoms. The maximum atomic E-state index is 14.4. The SMILES string of the molecule is Cc1cc(Nc2cc(CN3CCOCC3)c3ncc(Cc4ccc(F)cc4F)n3n2)n(C(C)(C)C)n1. The molecular formula is C26H31F2N7O.